The van der Waals surface area contributed by atoms with E-state index in [9.17, 15) is 14.9 Å². The molecule has 0 aliphatic heterocycles. The van der Waals surface area contributed by atoms with E-state index in [0.29, 0.717) is 33.0 Å². The van der Waals surface area contributed by atoms with Gasteiger partial charge >= 0.3 is 0 Å². The summed E-state index contributed by atoms with van der Waals surface area (Å²) in [6.45, 7) is 1.80. The zero-order valence-corrected chi connectivity index (χ0v) is 20.3. The fraction of sp³-hybridized carbons (Fsp3) is 0.0370. The van der Waals surface area contributed by atoms with Crippen LogP contribution in [-0.4, -0.2) is 31.8 Å². The molecule has 0 spiro atoms. The second-order valence-corrected chi connectivity index (χ2v) is 8.54. The molecule has 2 heterocycles. The average molecular weight is 511 g/mol. The van der Waals surface area contributed by atoms with Crippen molar-refractivity contribution in [3.05, 3.63) is 117 Å². The van der Waals surface area contributed by atoms with E-state index in [-0.39, 0.29) is 11.3 Å². The number of benzene rings is 3. The van der Waals surface area contributed by atoms with E-state index in [2.05, 4.69) is 15.6 Å². The fourth-order valence-electron chi connectivity index (χ4n) is 3.97. The number of nitrogens with zero attached hydrogens (tertiary/aromatic N) is 5. The number of amides is 1. The highest BCUT2D eigenvalue weighted by Gasteiger charge is 2.21. The Kier molecular flexibility index (Phi) is 6.44. The Morgan fingerprint density at radius 3 is 2.49 bits per heavy atom. The van der Waals surface area contributed by atoms with E-state index >= 15 is 0 Å². The maximum Gasteiger partial charge on any atom is 0.278 e. The molecule has 37 heavy (non-hydrogen) atoms. The molecule has 0 aliphatic carbocycles. The molecule has 182 valence electrons. The molecule has 9 nitrogen and oxygen atoms in total. The van der Waals surface area contributed by atoms with Crippen LogP contribution in [0.3, 0.4) is 0 Å². The minimum atomic E-state index is -0.506. The average Bonchev–Trinajstić information content (AvgIpc) is 3.25. The summed E-state index contributed by atoms with van der Waals surface area (Å²) < 4.78 is 1.69. The lowest BCUT2D eigenvalue weighted by Gasteiger charge is -2.09. The molecule has 0 aliphatic rings. The zero-order chi connectivity index (χ0) is 25.9. The number of hydrogen-bond donors (Lipinski definition) is 1. The van der Waals surface area contributed by atoms with Crippen LogP contribution in [0.5, 0.6) is 0 Å². The van der Waals surface area contributed by atoms with E-state index in [0.717, 1.165) is 11.3 Å². The highest BCUT2D eigenvalue weighted by atomic mass is 35.5. The van der Waals surface area contributed by atoms with Crippen LogP contribution in [0.4, 0.5) is 5.69 Å². The number of nitro groups is 1. The van der Waals surface area contributed by atoms with Crippen LogP contribution < -0.4 is 5.43 Å². The molecule has 0 fully saturated rings. The number of halogens is 1. The fourth-order valence-corrected chi connectivity index (χ4v) is 4.10. The molecule has 5 rings (SSSR count). The van der Waals surface area contributed by atoms with Crippen LogP contribution in [0.25, 0.3) is 28.0 Å². The molecule has 5 aromatic rings. The van der Waals surface area contributed by atoms with Crippen molar-refractivity contribution in [2.24, 2.45) is 5.10 Å². The van der Waals surface area contributed by atoms with Gasteiger partial charge in [-0.15, -0.1) is 0 Å². The molecular formula is C27H19ClN6O3. The van der Waals surface area contributed by atoms with Crippen LogP contribution in [0, 0.1) is 17.0 Å². The largest absolute Gasteiger partial charge is 0.278 e. The lowest BCUT2D eigenvalue weighted by atomic mass is 10.1. The third-order valence-corrected chi connectivity index (χ3v) is 5.95. The van der Waals surface area contributed by atoms with Gasteiger partial charge < -0.3 is 0 Å². The number of aromatic nitrogens is 3. The number of carbonyl (C=O) groups excluding carboxylic acids is 1. The topological polar surface area (TPSA) is 115 Å². The molecule has 3 aromatic carbocycles. The van der Waals surface area contributed by atoms with E-state index < -0.39 is 10.8 Å². The van der Waals surface area contributed by atoms with Gasteiger partial charge in [-0.25, -0.2) is 15.1 Å². The smallest absolute Gasteiger partial charge is 0.267 e. The summed E-state index contributed by atoms with van der Waals surface area (Å²) in [5.74, 6) is -0.506. The first-order chi connectivity index (χ1) is 17.9. The van der Waals surface area contributed by atoms with Gasteiger partial charge in [0.1, 0.15) is 0 Å². The summed E-state index contributed by atoms with van der Waals surface area (Å²) in [6.07, 6.45) is 1.24. The van der Waals surface area contributed by atoms with Gasteiger partial charge in [0, 0.05) is 16.7 Å². The van der Waals surface area contributed by atoms with Crippen LogP contribution >= 0.6 is 11.6 Å². The number of pyridine rings is 1. The number of hydrogen-bond acceptors (Lipinski definition) is 6. The van der Waals surface area contributed by atoms with E-state index in [1.807, 2.05) is 42.5 Å². The molecule has 10 heteroatoms. The molecule has 1 N–H and O–H groups in total. The number of nitro benzene ring substituents is 1. The van der Waals surface area contributed by atoms with Crippen molar-refractivity contribution in [2.45, 2.75) is 6.92 Å². The van der Waals surface area contributed by atoms with Crippen LogP contribution in [0.1, 0.15) is 21.6 Å². The third-order valence-electron chi connectivity index (χ3n) is 5.70. The van der Waals surface area contributed by atoms with E-state index in [1.54, 1.807) is 48.0 Å². The van der Waals surface area contributed by atoms with Gasteiger partial charge in [0.15, 0.2) is 5.65 Å². The second-order valence-electron chi connectivity index (χ2n) is 8.11. The van der Waals surface area contributed by atoms with Gasteiger partial charge in [0.25, 0.3) is 11.6 Å². The van der Waals surface area contributed by atoms with Crippen molar-refractivity contribution in [1.29, 1.82) is 0 Å². The van der Waals surface area contributed by atoms with Crippen molar-refractivity contribution >= 4 is 40.4 Å². The Morgan fingerprint density at radius 2 is 1.76 bits per heavy atom. The van der Waals surface area contributed by atoms with Crippen molar-refractivity contribution < 1.29 is 9.72 Å². The number of nitrogens with one attached hydrogen (secondary N) is 1. The molecule has 0 unspecified atom stereocenters. The molecule has 0 atom stereocenters. The van der Waals surface area contributed by atoms with Gasteiger partial charge in [-0.05, 0) is 43.3 Å². The molecular weight excluding hydrogens is 492 g/mol. The van der Waals surface area contributed by atoms with Crippen molar-refractivity contribution in [3.63, 3.8) is 0 Å². The highest BCUT2D eigenvalue weighted by Crippen LogP contribution is 2.29. The summed E-state index contributed by atoms with van der Waals surface area (Å²) in [5, 5.41) is 21.1. The van der Waals surface area contributed by atoms with Crippen molar-refractivity contribution in [3.8, 4) is 16.9 Å². The molecule has 0 saturated heterocycles. The Labute approximate surface area is 216 Å². The summed E-state index contributed by atoms with van der Waals surface area (Å²) >= 11 is 6.07. The highest BCUT2D eigenvalue weighted by molar-refractivity contribution is 6.30. The summed E-state index contributed by atoms with van der Waals surface area (Å²) in [7, 11) is 0. The number of aryl methyl sites for hydroxylation is 1. The predicted molar refractivity (Wildman–Crippen MR) is 142 cm³/mol. The van der Waals surface area contributed by atoms with Gasteiger partial charge in [-0.1, -0.05) is 54.1 Å². The van der Waals surface area contributed by atoms with Crippen molar-refractivity contribution in [2.75, 3.05) is 0 Å². The third kappa shape index (κ3) is 4.80. The lowest BCUT2D eigenvalue weighted by Crippen LogP contribution is -2.18. The SMILES string of the molecule is Cc1nn(-c2ccccc2)c2nc(-c3ccc(Cl)cc3)cc(C(=O)NN=Cc3ccccc3[N+](=O)[O-])c12. The van der Waals surface area contributed by atoms with Crippen molar-refractivity contribution in [1.82, 2.24) is 20.2 Å². The Morgan fingerprint density at radius 1 is 1.05 bits per heavy atom. The number of rotatable bonds is 6. The molecule has 2 aromatic heterocycles. The molecule has 0 radical (unpaired) electrons. The quantitative estimate of drug-likeness (QED) is 0.178. The number of fused-ring (bicyclic) bond motifs is 1. The predicted octanol–water partition coefficient (Wildman–Crippen LogP) is 5.72. The monoisotopic (exact) mass is 510 g/mol. The normalized spacial score (nSPS) is 11.2. The van der Waals surface area contributed by atoms with Gasteiger partial charge in [-0.2, -0.15) is 10.2 Å². The standard InChI is InChI=1S/C27H19ClN6O3/c1-17-25-22(27(35)31-29-16-19-7-5-6-10-24(19)34(36)37)15-23(18-11-13-20(28)14-12-18)30-26(25)33(32-17)21-8-3-2-4-9-21/h2-16H,1H3,(H,31,35). The molecule has 1 amide bonds. The summed E-state index contributed by atoms with van der Waals surface area (Å²) in [6, 6.07) is 24.4. The second kappa shape index (κ2) is 10.00. The summed E-state index contributed by atoms with van der Waals surface area (Å²) in [4.78, 5) is 29.0. The van der Waals surface area contributed by atoms with Gasteiger partial charge in [-0.3, -0.25) is 14.9 Å². The minimum absolute atomic E-state index is 0.114. The lowest BCUT2D eigenvalue weighted by molar-refractivity contribution is -0.385. The van der Waals surface area contributed by atoms with Crippen LogP contribution in [0.2, 0.25) is 5.02 Å². The maximum atomic E-state index is 13.4. The summed E-state index contributed by atoms with van der Waals surface area (Å²) in [5.41, 5.74) is 6.18. The first-order valence-corrected chi connectivity index (χ1v) is 11.6. The Bertz CT molecular complexity index is 1660. The number of carbonyl (C=O) groups is 1. The zero-order valence-electron chi connectivity index (χ0n) is 19.5. The maximum absolute atomic E-state index is 13.4. The molecule has 0 bridgehead atoms. The van der Waals surface area contributed by atoms with E-state index in [1.165, 1.54) is 12.3 Å². The number of hydrazone groups is 1. The first kappa shape index (κ1) is 23.8. The van der Waals surface area contributed by atoms with Crippen LogP contribution in [-0.2, 0) is 0 Å². The molecule has 0 saturated carbocycles. The Balaban J connectivity index is 1.60. The first-order valence-electron chi connectivity index (χ1n) is 11.2. The van der Waals surface area contributed by atoms with E-state index in [4.69, 9.17) is 16.6 Å². The Hall–Kier alpha value is -4.89. The van der Waals surface area contributed by atoms with Gasteiger partial charge in [0.2, 0.25) is 0 Å². The number of para-hydroxylation sites is 2. The van der Waals surface area contributed by atoms with Gasteiger partial charge in [0.05, 0.1) is 44.7 Å². The minimum Gasteiger partial charge on any atom is -0.267 e. The van der Waals surface area contributed by atoms with Crippen LogP contribution in [0.15, 0.2) is 90.0 Å².